The molecule has 18 nitrogen and oxygen atoms in total. The average Bonchev–Trinajstić information content (AvgIpc) is 4.17. The molecule has 0 spiro atoms. The van der Waals surface area contributed by atoms with Crippen molar-refractivity contribution < 1.29 is 47.5 Å². The molecule has 3 aliphatic rings. The van der Waals surface area contributed by atoms with Crippen molar-refractivity contribution in [2.45, 2.75) is 78.4 Å². The van der Waals surface area contributed by atoms with Crippen LogP contribution in [-0.4, -0.2) is 111 Å². The molecule has 71 heavy (non-hydrogen) atoms. The lowest BCUT2D eigenvalue weighted by molar-refractivity contribution is -0.117. The zero-order chi connectivity index (χ0) is 51.3. The van der Waals surface area contributed by atoms with Crippen LogP contribution in [0.2, 0.25) is 0 Å². The summed E-state index contributed by atoms with van der Waals surface area (Å²) in [6.07, 6.45) is 6.13. The molecule has 5 heterocycles. The Morgan fingerprint density at radius 1 is 0.718 bits per heavy atom. The summed E-state index contributed by atoms with van der Waals surface area (Å²) in [5.41, 5.74) is 4.16. The Morgan fingerprint density at radius 2 is 1.21 bits per heavy atom. The van der Waals surface area contributed by atoms with Crippen molar-refractivity contribution in [3.8, 4) is 22.6 Å². The van der Waals surface area contributed by atoms with Gasteiger partial charge in [-0.25, -0.2) is 24.2 Å². The minimum absolute atomic E-state index is 0.0551. The SMILES string of the molecule is CC(C)(C)OC(=O)n1cc(B2OC(C)(C)C(C)(C)O2)cn1.COc1cccc(CN2CC(=O)N(c3ccc(-c4cn[nH]c4)cc3)C2=O)c1.COc1cccc(CN2CC(=O)N(c3ccc(Br)cc3)C2=O)c1. The fourth-order valence-corrected chi connectivity index (χ4v) is 7.75. The summed E-state index contributed by atoms with van der Waals surface area (Å²) < 4.78 is 29.5. The minimum Gasteiger partial charge on any atom is -0.497 e. The van der Waals surface area contributed by atoms with Gasteiger partial charge in [0, 0.05) is 47.2 Å². The Bertz CT molecular complexity index is 2850. The third-order valence-electron chi connectivity index (χ3n) is 11.8. The number of nitrogens with zero attached hydrogens (tertiary/aromatic N) is 7. The van der Waals surface area contributed by atoms with Crippen LogP contribution in [-0.2, 0) is 36.7 Å². The molecule has 370 valence electrons. The molecule has 2 aromatic heterocycles. The van der Waals surface area contributed by atoms with Gasteiger partial charge in [0.1, 0.15) is 30.2 Å². The average molecular weight is 1030 g/mol. The van der Waals surface area contributed by atoms with E-state index in [0.717, 1.165) is 42.9 Å². The van der Waals surface area contributed by atoms with Crippen molar-refractivity contribution >= 4 is 69.9 Å². The van der Waals surface area contributed by atoms with Gasteiger partial charge < -0.3 is 33.3 Å². The van der Waals surface area contributed by atoms with Crippen LogP contribution < -0.4 is 24.7 Å². The van der Waals surface area contributed by atoms with Gasteiger partial charge in [0.2, 0.25) is 0 Å². The summed E-state index contributed by atoms with van der Waals surface area (Å²) in [5.74, 6) is 0.988. The molecular formula is C51H56BBrN8O10. The predicted octanol–water partition coefficient (Wildman–Crippen LogP) is 8.45. The molecule has 0 aliphatic carbocycles. The number of hydrogen-bond donors (Lipinski definition) is 1. The first-order valence-electron chi connectivity index (χ1n) is 22.6. The summed E-state index contributed by atoms with van der Waals surface area (Å²) in [7, 11) is 2.66. The highest BCUT2D eigenvalue weighted by atomic mass is 79.9. The summed E-state index contributed by atoms with van der Waals surface area (Å²) in [6.45, 7) is 14.2. The number of carbonyl (C=O) groups excluding carboxylic acids is 5. The normalized spacial score (nSPS) is 16.2. The molecule has 3 saturated heterocycles. The lowest BCUT2D eigenvalue weighted by Crippen LogP contribution is -2.41. The highest BCUT2D eigenvalue weighted by Gasteiger charge is 2.52. The third-order valence-corrected chi connectivity index (χ3v) is 12.4. The van der Waals surface area contributed by atoms with E-state index in [0.29, 0.717) is 29.9 Å². The number of amides is 6. The van der Waals surface area contributed by atoms with Gasteiger partial charge in [-0.1, -0.05) is 52.3 Å². The van der Waals surface area contributed by atoms with E-state index >= 15 is 0 Å². The first kappa shape index (κ1) is 51.6. The Hall–Kier alpha value is -7.29. The maximum Gasteiger partial charge on any atom is 0.498 e. The first-order chi connectivity index (χ1) is 33.6. The lowest BCUT2D eigenvalue weighted by atomic mass is 9.82. The van der Waals surface area contributed by atoms with E-state index in [2.05, 4.69) is 31.2 Å². The zero-order valence-electron chi connectivity index (χ0n) is 41.0. The molecule has 3 aliphatic heterocycles. The molecule has 6 aromatic rings. The fourth-order valence-electron chi connectivity index (χ4n) is 7.49. The predicted molar refractivity (Wildman–Crippen MR) is 270 cm³/mol. The second kappa shape index (κ2) is 21.4. The van der Waals surface area contributed by atoms with Crippen molar-refractivity contribution in [3.05, 3.63) is 137 Å². The molecule has 9 rings (SSSR count). The Morgan fingerprint density at radius 3 is 1.66 bits per heavy atom. The first-order valence-corrected chi connectivity index (χ1v) is 23.4. The van der Waals surface area contributed by atoms with Crippen LogP contribution in [0.4, 0.5) is 25.8 Å². The van der Waals surface area contributed by atoms with Gasteiger partial charge in [0.25, 0.3) is 11.8 Å². The van der Waals surface area contributed by atoms with E-state index in [1.165, 1.54) is 19.6 Å². The molecule has 0 unspecified atom stereocenters. The number of aromatic amines is 1. The van der Waals surface area contributed by atoms with Gasteiger partial charge >= 0.3 is 25.3 Å². The van der Waals surface area contributed by atoms with E-state index in [-0.39, 0.29) is 37.0 Å². The topological polar surface area (TPSA) is 191 Å². The van der Waals surface area contributed by atoms with Gasteiger partial charge in [0.15, 0.2) is 0 Å². The van der Waals surface area contributed by atoms with E-state index in [9.17, 15) is 24.0 Å². The Balaban J connectivity index is 0.000000158. The van der Waals surface area contributed by atoms with Crippen molar-refractivity contribution in [1.29, 1.82) is 0 Å². The van der Waals surface area contributed by atoms with E-state index in [1.54, 1.807) is 75.4 Å². The van der Waals surface area contributed by atoms with E-state index in [1.807, 2.05) is 109 Å². The van der Waals surface area contributed by atoms with Crippen LogP contribution in [0.1, 0.15) is 59.6 Å². The van der Waals surface area contributed by atoms with Crippen LogP contribution in [0.15, 0.2) is 126 Å². The van der Waals surface area contributed by atoms with Crippen molar-refractivity contribution in [2.75, 3.05) is 37.1 Å². The van der Waals surface area contributed by atoms with Gasteiger partial charge in [-0.3, -0.25) is 14.7 Å². The number of benzene rings is 4. The molecule has 0 radical (unpaired) electrons. The monoisotopic (exact) mass is 1030 g/mol. The quantitative estimate of drug-likeness (QED) is 0.102. The van der Waals surface area contributed by atoms with E-state index in [4.69, 9.17) is 23.5 Å². The minimum atomic E-state index is -0.562. The Labute approximate surface area is 421 Å². The highest BCUT2D eigenvalue weighted by Crippen LogP contribution is 2.36. The summed E-state index contributed by atoms with van der Waals surface area (Å²) in [6, 6.07) is 28.7. The van der Waals surface area contributed by atoms with Gasteiger partial charge in [-0.15, -0.1) is 0 Å². The fraction of sp³-hybridized carbons (Fsp3) is 0.314. The number of halogens is 1. The number of aromatic nitrogens is 4. The second-order valence-corrected chi connectivity index (χ2v) is 19.7. The number of urea groups is 2. The summed E-state index contributed by atoms with van der Waals surface area (Å²) in [5, 5.41) is 10.7. The van der Waals surface area contributed by atoms with Crippen LogP contribution in [0.25, 0.3) is 11.1 Å². The van der Waals surface area contributed by atoms with E-state index < -0.39 is 30.0 Å². The standard InChI is InChI=1S/C20H18N4O3.C17H15BrN2O3.C14H23BN2O4/c1-27-18-4-2-3-14(9-18)12-23-13-19(25)24(20(23)26)17-7-5-15(6-8-17)16-10-21-22-11-16;1-23-15-4-2-3-12(9-15)10-19-11-16(21)20(17(19)22)14-7-5-13(18)6-8-14;1-12(2,3)19-11(18)17-9-10(8-16-17)15-20-13(4,5)14(6,7)21-15/h2-11H,12-13H2,1H3,(H,21,22);2-9H,10-11H2,1H3;8-9H,1-7H3. The van der Waals surface area contributed by atoms with Crippen molar-refractivity contribution in [1.82, 2.24) is 29.8 Å². The molecule has 0 bridgehead atoms. The third kappa shape index (κ3) is 12.4. The van der Waals surface area contributed by atoms with Gasteiger partial charge in [-0.05, 0) is 126 Å². The number of imide groups is 2. The molecule has 4 aromatic carbocycles. The van der Waals surface area contributed by atoms with Gasteiger partial charge in [0.05, 0.1) is 43.0 Å². The zero-order valence-corrected chi connectivity index (χ0v) is 42.6. The largest absolute Gasteiger partial charge is 0.498 e. The molecule has 3 fully saturated rings. The number of methoxy groups -OCH3 is 2. The maximum atomic E-state index is 12.8. The molecule has 20 heteroatoms. The lowest BCUT2D eigenvalue weighted by Gasteiger charge is -2.32. The number of H-pyrrole nitrogens is 1. The van der Waals surface area contributed by atoms with Crippen LogP contribution in [0, 0.1) is 0 Å². The highest BCUT2D eigenvalue weighted by molar-refractivity contribution is 9.10. The summed E-state index contributed by atoms with van der Waals surface area (Å²) >= 11 is 3.34. The molecule has 6 amide bonds. The number of ether oxygens (including phenoxy) is 3. The number of nitrogens with one attached hydrogen (secondary N) is 1. The second-order valence-electron chi connectivity index (χ2n) is 18.7. The number of carbonyl (C=O) groups is 5. The number of rotatable bonds is 10. The summed E-state index contributed by atoms with van der Waals surface area (Å²) in [4.78, 5) is 67.4. The van der Waals surface area contributed by atoms with Crippen LogP contribution in [0.5, 0.6) is 11.5 Å². The Kier molecular flexibility index (Phi) is 15.5. The van der Waals surface area contributed by atoms with Crippen LogP contribution >= 0.6 is 15.9 Å². The van der Waals surface area contributed by atoms with Crippen molar-refractivity contribution in [2.24, 2.45) is 0 Å². The maximum absolute atomic E-state index is 12.8. The molecule has 0 saturated carbocycles. The number of hydrogen-bond acceptors (Lipinski definition) is 12. The smallest absolute Gasteiger partial charge is 0.497 e. The van der Waals surface area contributed by atoms with Gasteiger partial charge in [-0.2, -0.15) is 14.9 Å². The molecule has 1 N–H and O–H groups in total. The molecular weight excluding hydrogens is 975 g/mol. The molecule has 0 atom stereocenters. The number of anilines is 2. The van der Waals surface area contributed by atoms with Crippen molar-refractivity contribution in [3.63, 3.8) is 0 Å². The van der Waals surface area contributed by atoms with Crippen LogP contribution in [0.3, 0.4) is 0 Å².